The summed E-state index contributed by atoms with van der Waals surface area (Å²) in [6, 6.07) is 11.4. The first-order chi connectivity index (χ1) is 12.4. The second kappa shape index (κ2) is 7.61. The van der Waals surface area contributed by atoms with Gasteiger partial charge >= 0.3 is 0 Å². The Labute approximate surface area is 155 Å². The number of likely N-dealkylation sites (N-methyl/N-ethyl adjacent to an activating group) is 1. The second-order valence-corrected chi connectivity index (χ2v) is 7.03. The molecule has 0 aliphatic heterocycles. The molecule has 0 aliphatic carbocycles. The molecule has 2 aromatic heterocycles. The van der Waals surface area contributed by atoms with Crippen LogP contribution in [0.1, 0.15) is 17.0 Å². The number of aryl methyl sites for hydroxylation is 2. The van der Waals surface area contributed by atoms with E-state index in [-0.39, 0.29) is 18.0 Å². The first-order valence-corrected chi connectivity index (χ1v) is 9.11. The van der Waals surface area contributed by atoms with E-state index in [4.69, 9.17) is 0 Å². The summed E-state index contributed by atoms with van der Waals surface area (Å²) in [5.41, 5.74) is 3.18. The average molecular weight is 368 g/mol. The number of thiazole rings is 1. The molecule has 26 heavy (non-hydrogen) atoms. The van der Waals surface area contributed by atoms with Gasteiger partial charge in [0.15, 0.2) is 0 Å². The highest BCUT2D eigenvalue weighted by atomic mass is 32.1. The summed E-state index contributed by atoms with van der Waals surface area (Å²) < 4.78 is 1.21. The fraction of sp³-hybridized carbons (Fsp3) is 0.263. The molecule has 0 bridgehead atoms. The molecule has 0 fully saturated rings. The van der Waals surface area contributed by atoms with E-state index < -0.39 is 0 Å². The zero-order chi connectivity index (χ0) is 18.7. The maximum Gasteiger partial charge on any atom is 0.267 e. The predicted molar refractivity (Wildman–Crippen MR) is 102 cm³/mol. The number of hydrogen-bond acceptors (Lipinski definition) is 5. The Morgan fingerprint density at radius 2 is 1.96 bits per heavy atom. The Bertz CT molecular complexity index is 979. The number of aromatic nitrogens is 3. The summed E-state index contributed by atoms with van der Waals surface area (Å²) >= 11 is 1.55. The van der Waals surface area contributed by atoms with Gasteiger partial charge in [-0.05, 0) is 19.4 Å². The number of carbonyl (C=O) groups is 1. The summed E-state index contributed by atoms with van der Waals surface area (Å²) in [6.07, 6.45) is 0. The molecule has 0 atom stereocenters. The van der Waals surface area contributed by atoms with Gasteiger partial charge in [0.1, 0.15) is 11.6 Å². The van der Waals surface area contributed by atoms with Gasteiger partial charge in [0.05, 0.1) is 17.9 Å². The van der Waals surface area contributed by atoms with Crippen LogP contribution < -0.4 is 5.56 Å². The molecule has 0 N–H and O–H groups in total. The Kier molecular flexibility index (Phi) is 5.27. The zero-order valence-corrected chi connectivity index (χ0v) is 15.8. The minimum atomic E-state index is -0.269. The van der Waals surface area contributed by atoms with Crippen molar-refractivity contribution in [1.82, 2.24) is 19.7 Å². The predicted octanol–water partition coefficient (Wildman–Crippen LogP) is 2.64. The Morgan fingerprint density at radius 3 is 2.69 bits per heavy atom. The highest BCUT2D eigenvalue weighted by molar-refractivity contribution is 7.13. The fourth-order valence-electron chi connectivity index (χ4n) is 2.46. The lowest BCUT2D eigenvalue weighted by Gasteiger charge is -2.16. The summed E-state index contributed by atoms with van der Waals surface area (Å²) in [4.78, 5) is 30.6. The van der Waals surface area contributed by atoms with E-state index in [2.05, 4.69) is 10.1 Å². The molecule has 7 heteroatoms. The van der Waals surface area contributed by atoms with Crippen molar-refractivity contribution in [3.63, 3.8) is 0 Å². The fourth-order valence-corrected chi connectivity index (χ4v) is 3.28. The molecule has 1 aromatic carbocycles. The van der Waals surface area contributed by atoms with Gasteiger partial charge in [-0.1, -0.05) is 30.3 Å². The third-order valence-electron chi connectivity index (χ3n) is 4.12. The second-order valence-electron chi connectivity index (χ2n) is 6.17. The molecular weight excluding hydrogens is 348 g/mol. The van der Waals surface area contributed by atoms with E-state index in [1.54, 1.807) is 23.3 Å². The van der Waals surface area contributed by atoms with Crippen LogP contribution in [0.4, 0.5) is 0 Å². The van der Waals surface area contributed by atoms with Crippen molar-refractivity contribution in [3.8, 4) is 10.6 Å². The number of nitrogens with zero attached hydrogens (tertiary/aromatic N) is 4. The van der Waals surface area contributed by atoms with Crippen molar-refractivity contribution in [2.75, 3.05) is 7.05 Å². The molecular formula is C19H20N4O2S. The Balaban J connectivity index is 1.68. The lowest BCUT2D eigenvalue weighted by Crippen LogP contribution is -2.35. The maximum atomic E-state index is 12.4. The van der Waals surface area contributed by atoms with Crippen LogP contribution in [0.5, 0.6) is 0 Å². The molecule has 3 rings (SSSR count). The minimum absolute atomic E-state index is 0.0772. The number of benzene rings is 1. The third kappa shape index (κ3) is 4.05. The summed E-state index contributed by atoms with van der Waals surface area (Å²) in [5.74, 6) is -0.183. The molecule has 0 saturated carbocycles. The van der Waals surface area contributed by atoms with Crippen LogP contribution in [-0.4, -0.2) is 32.6 Å². The molecule has 0 unspecified atom stereocenters. The van der Waals surface area contributed by atoms with Crippen LogP contribution in [0.15, 0.2) is 46.6 Å². The summed E-state index contributed by atoms with van der Waals surface area (Å²) in [6.45, 7) is 3.96. The van der Waals surface area contributed by atoms with Gasteiger partial charge in [0.2, 0.25) is 5.91 Å². The van der Waals surface area contributed by atoms with Crippen molar-refractivity contribution in [1.29, 1.82) is 0 Å². The highest BCUT2D eigenvalue weighted by Crippen LogP contribution is 2.23. The van der Waals surface area contributed by atoms with Gasteiger partial charge < -0.3 is 4.90 Å². The molecule has 2 heterocycles. The quantitative estimate of drug-likeness (QED) is 0.694. The molecule has 0 saturated heterocycles. The number of amides is 1. The lowest BCUT2D eigenvalue weighted by molar-refractivity contribution is -0.131. The molecule has 0 aliphatic rings. The van der Waals surface area contributed by atoms with E-state index >= 15 is 0 Å². The topological polar surface area (TPSA) is 68.1 Å². The van der Waals surface area contributed by atoms with E-state index in [0.29, 0.717) is 6.54 Å². The maximum absolute atomic E-state index is 12.4. The van der Waals surface area contributed by atoms with E-state index in [9.17, 15) is 9.59 Å². The van der Waals surface area contributed by atoms with Gasteiger partial charge in [-0.2, -0.15) is 5.10 Å². The summed E-state index contributed by atoms with van der Waals surface area (Å²) in [7, 11) is 1.70. The van der Waals surface area contributed by atoms with Crippen molar-refractivity contribution in [3.05, 3.63) is 69.1 Å². The van der Waals surface area contributed by atoms with Crippen LogP contribution in [0, 0.1) is 13.8 Å². The molecule has 3 aromatic rings. The van der Waals surface area contributed by atoms with Gasteiger partial charge in [-0.15, -0.1) is 11.3 Å². The number of carbonyl (C=O) groups excluding carboxylic acids is 1. The number of rotatable bonds is 5. The molecule has 1 amide bonds. The molecule has 0 radical (unpaired) electrons. The molecule has 6 nitrogen and oxygen atoms in total. The molecule has 0 spiro atoms. The van der Waals surface area contributed by atoms with Crippen molar-refractivity contribution in [2.45, 2.75) is 26.9 Å². The van der Waals surface area contributed by atoms with Crippen molar-refractivity contribution < 1.29 is 4.79 Å². The SMILES string of the molecule is Cc1cc(=O)n(CC(=O)N(C)Cc2csc(-c3ccccc3)n2)nc1C. The lowest BCUT2D eigenvalue weighted by atomic mass is 10.2. The van der Waals surface area contributed by atoms with Crippen LogP contribution in [0.2, 0.25) is 0 Å². The van der Waals surface area contributed by atoms with Crippen molar-refractivity contribution >= 4 is 17.2 Å². The van der Waals surface area contributed by atoms with Crippen molar-refractivity contribution in [2.24, 2.45) is 0 Å². The van der Waals surface area contributed by atoms with E-state index in [1.807, 2.05) is 49.6 Å². The number of hydrogen-bond donors (Lipinski definition) is 0. The molecule has 134 valence electrons. The standard InChI is InChI=1S/C19H20N4O2S/c1-13-9-17(24)23(21-14(13)2)11-18(25)22(3)10-16-12-26-19(20-16)15-7-5-4-6-8-15/h4-9,12H,10-11H2,1-3H3. The van der Waals surface area contributed by atoms with E-state index in [1.165, 1.54) is 10.7 Å². The van der Waals surface area contributed by atoms with Gasteiger partial charge in [0.25, 0.3) is 5.56 Å². The van der Waals surface area contributed by atoms with Gasteiger partial charge in [-0.25, -0.2) is 9.67 Å². The average Bonchev–Trinajstić information content (AvgIpc) is 3.09. The first-order valence-electron chi connectivity index (χ1n) is 8.23. The zero-order valence-electron chi connectivity index (χ0n) is 15.0. The first kappa shape index (κ1) is 18.0. The normalized spacial score (nSPS) is 10.7. The van der Waals surface area contributed by atoms with E-state index in [0.717, 1.165) is 27.5 Å². The Morgan fingerprint density at radius 1 is 1.23 bits per heavy atom. The van der Waals surface area contributed by atoms with Crippen LogP contribution in [0.25, 0.3) is 10.6 Å². The monoisotopic (exact) mass is 368 g/mol. The van der Waals surface area contributed by atoms with Gasteiger partial charge in [-0.3, -0.25) is 9.59 Å². The summed E-state index contributed by atoms with van der Waals surface area (Å²) in [5, 5.41) is 7.06. The van der Waals surface area contributed by atoms with Gasteiger partial charge in [0, 0.05) is 24.1 Å². The smallest absolute Gasteiger partial charge is 0.267 e. The highest BCUT2D eigenvalue weighted by Gasteiger charge is 2.14. The third-order valence-corrected chi connectivity index (χ3v) is 5.06. The van der Waals surface area contributed by atoms with Crippen LogP contribution >= 0.6 is 11.3 Å². The largest absolute Gasteiger partial charge is 0.338 e. The minimum Gasteiger partial charge on any atom is -0.338 e. The Hall–Kier alpha value is -2.80. The van der Waals surface area contributed by atoms with Crippen LogP contribution in [-0.2, 0) is 17.9 Å². The van der Waals surface area contributed by atoms with Crippen LogP contribution in [0.3, 0.4) is 0 Å².